The van der Waals surface area contributed by atoms with Gasteiger partial charge in [0.15, 0.2) is 0 Å². The molecule has 2 bridgehead atoms. The van der Waals surface area contributed by atoms with Crippen molar-refractivity contribution in [3.05, 3.63) is 60.2 Å². The summed E-state index contributed by atoms with van der Waals surface area (Å²) in [5, 5.41) is 0. The first-order valence-corrected chi connectivity index (χ1v) is 9.08. The van der Waals surface area contributed by atoms with Crippen molar-refractivity contribution in [2.45, 2.75) is 31.8 Å². The second kappa shape index (κ2) is 7.31. The lowest BCUT2D eigenvalue weighted by Crippen LogP contribution is -2.48. The smallest absolute Gasteiger partial charge is 0.227 e. The number of piperidine rings is 1. The van der Waals surface area contributed by atoms with Gasteiger partial charge in [-0.05, 0) is 42.5 Å². The Morgan fingerprint density at radius 1 is 1.08 bits per heavy atom. The number of pyridine rings is 2. The van der Waals surface area contributed by atoms with E-state index in [1.54, 1.807) is 12.4 Å². The standard InChI is InChI=1S/C20H24N4O/c25-20(10-16-4-3-8-21-11-16)24-13-17-6-7-19(24)15-23(12-17)14-18-5-1-2-9-22-18/h1-5,8-9,11,17,19H,6-7,10,12-15H2/t17-,19+/m0/s1. The quantitative estimate of drug-likeness (QED) is 0.858. The van der Waals surface area contributed by atoms with Crippen LogP contribution in [-0.2, 0) is 17.8 Å². The molecule has 25 heavy (non-hydrogen) atoms. The number of carbonyl (C=O) groups excluding carboxylic acids is 1. The van der Waals surface area contributed by atoms with Crippen LogP contribution in [0.3, 0.4) is 0 Å². The Bertz CT molecular complexity index is 706. The molecule has 5 rings (SSSR count). The zero-order chi connectivity index (χ0) is 17.1. The van der Waals surface area contributed by atoms with Crippen LogP contribution in [-0.4, -0.2) is 51.4 Å². The van der Waals surface area contributed by atoms with E-state index in [2.05, 4.69) is 25.8 Å². The van der Waals surface area contributed by atoms with Gasteiger partial charge in [-0.15, -0.1) is 0 Å². The van der Waals surface area contributed by atoms with E-state index in [0.717, 1.165) is 43.9 Å². The van der Waals surface area contributed by atoms with E-state index in [4.69, 9.17) is 0 Å². The van der Waals surface area contributed by atoms with Gasteiger partial charge in [-0.25, -0.2) is 0 Å². The minimum Gasteiger partial charge on any atom is -0.338 e. The summed E-state index contributed by atoms with van der Waals surface area (Å²) in [4.78, 5) is 26.0. The van der Waals surface area contributed by atoms with Crippen molar-refractivity contribution >= 4 is 5.91 Å². The average molecular weight is 336 g/mol. The van der Waals surface area contributed by atoms with Gasteiger partial charge in [0.25, 0.3) is 0 Å². The maximum Gasteiger partial charge on any atom is 0.227 e. The molecule has 2 aromatic heterocycles. The number of aromatic nitrogens is 2. The molecular weight excluding hydrogens is 312 g/mol. The molecule has 3 aliphatic heterocycles. The molecular formula is C20H24N4O. The van der Waals surface area contributed by atoms with Gasteiger partial charge >= 0.3 is 0 Å². The lowest BCUT2D eigenvalue weighted by molar-refractivity contribution is -0.134. The third kappa shape index (κ3) is 3.87. The summed E-state index contributed by atoms with van der Waals surface area (Å²) in [5.41, 5.74) is 2.11. The van der Waals surface area contributed by atoms with Crippen molar-refractivity contribution in [2.24, 2.45) is 5.92 Å². The Kier molecular flexibility index (Phi) is 4.74. The van der Waals surface area contributed by atoms with Crippen LogP contribution in [0.15, 0.2) is 48.9 Å². The third-order valence-electron chi connectivity index (χ3n) is 5.30. The van der Waals surface area contributed by atoms with E-state index in [1.165, 1.54) is 6.42 Å². The molecule has 5 heteroatoms. The van der Waals surface area contributed by atoms with Crippen LogP contribution < -0.4 is 0 Å². The Balaban J connectivity index is 1.43. The Morgan fingerprint density at radius 3 is 2.84 bits per heavy atom. The number of rotatable bonds is 4. The summed E-state index contributed by atoms with van der Waals surface area (Å²) < 4.78 is 0. The Labute approximate surface area is 148 Å². The van der Waals surface area contributed by atoms with E-state index in [0.29, 0.717) is 18.4 Å². The molecule has 3 aliphatic rings. The molecule has 0 aliphatic carbocycles. The molecule has 0 unspecified atom stereocenters. The van der Waals surface area contributed by atoms with E-state index >= 15 is 0 Å². The fourth-order valence-electron chi connectivity index (χ4n) is 4.11. The molecule has 0 N–H and O–H groups in total. The SMILES string of the molecule is O=C(Cc1cccnc1)N1C[C@H]2CC[C@@H]1CN(Cc1ccccn1)C2. The highest BCUT2D eigenvalue weighted by atomic mass is 16.2. The third-order valence-corrected chi connectivity index (χ3v) is 5.30. The summed E-state index contributed by atoms with van der Waals surface area (Å²) in [6, 6.07) is 10.3. The fraction of sp³-hybridized carbons (Fsp3) is 0.450. The van der Waals surface area contributed by atoms with Crippen molar-refractivity contribution < 1.29 is 4.79 Å². The number of hydrogen-bond donors (Lipinski definition) is 0. The van der Waals surface area contributed by atoms with Gasteiger partial charge in [-0.1, -0.05) is 12.1 Å². The highest BCUT2D eigenvalue weighted by Gasteiger charge is 2.36. The molecule has 2 atom stereocenters. The summed E-state index contributed by atoms with van der Waals surface area (Å²) >= 11 is 0. The minimum atomic E-state index is 0.238. The predicted molar refractivity (Wildman–Crippen MR) is 95.7 cm³/mol. The lowest BCUT2D eigenvalue weighted by Gasteiger charge is -2.36. The van der Waals surface area contributed by atoms with Gasteiger partial charge in [-0.2, -0.15) is 0 Å². The predicted octanol–water partition coefficient (Wildman–Crippen LogP) is 2.14. The van der Waals surface area contributed by atoms with Gasteiger partial charge in [0.2, 0.25) is 5.91 Å². The van der Waals surface area contributed by atoms with E-state index in [9.17, 15) is 4.79 Å². The van der Waals surface area contributed by atoms with E-state index in [1.807, 2.05) is 30.5 Å². The first-order valence-electron chi connectivity index (χ1n) is 9.08. The van der Waals surface area contributed by atoms with Gasteiger partial charge in [0.1, 0.15) is 0 Å². The highest BCUT2D eigenvalue weighted by Crippen LogP contribution is 2.29. The van der Waals surface area contributed by atoms with E-state index < -0.39 is 0 Å². The van der Waals surface area contributed by atoms with Gasteiger partial charge < -0.3 is 4.90 Å². The summed E-state index contributed by atoms with van der Waals surface area (Å²) in [7, 11) is 0. The first kappa shape index (κ1) is 16.2. The zero-order valence-electron chi connectivity index (χ0n) is 14.4. The molecule has 0 saturated carbocycles. The molecule has 0 spiro atoms. The van der Waals surface area contributed by atoms with Crippen molar-refractivity contribution in [3.8, 4) is 0 Å². The lowest BCUT2D eigenvalue weighted by atomic mass is 9.94. The summed E-state index contributed by atoms with van der Waals surface area (Å²) in [6.45, 7) is 3.77. The van der Waals surface area contributed by atoms with Gasteiger partial charge in [0, 0.05) is 50.8 Å². The maximum atomic E-state index is 12.8. The molecule has 5 nitrogen and oxygen atoms in total. The fourth-order valence-corrected chi connectivity index (χ4v) is 4.11. The molecule has 0 radical (unpaired) electrons. The Morgan fingerprint density at radius 2 is 2.04 bits per heavy atom. The molecule has 130 valence electrons. The number of fused-ring (bicyclic) bond motifs is 4. The number of carbonyl (C=O) groups is 1. The molecule has 0 aromatic carbocycles. The van der Waals surface area contributed by atoms with Gasteiger partial charge in [-0.3, -0.25) is 19.7 Å². The van der Waals surface area contributed by atoms with Gasteiger partial charge in [0.05, 0.1) is 12.1 Å². The number of hydrogen-bond acceptors (Lipinski definition) is 4. The first-order chi connectivity index (χ1) is 12.3. The minimum absolute atomic E-state index is 0.238. The van der Waals surface area contributed by atoms with E-state index in [-0.39, 0.29) is 5.91 Å². The van der Waals surface area contributed by atoms with Crippen LogP contribution in [0.1, 0.15) is 24.1 Å². The Hall–Kier alpha value is -2.27. The monoisotopic (exact) mass is 336 g/mol. The second-order valence-corrected chi connectivity index (χ2v) is 7.20. The summed E-state index contributed by atoms with van der Waals surface area (Å²) in [6.07, 6.45) is 8.18. The van der Waals surface area contributed by atoms with Crippen LogP contribution in [0, 0.1) is 5.92 Å². The van der Waals surface area contributed by atoms with Crippen LogP contribution in [0.2, 0.25) is 0 Å². The molecule has 2 aromatic rings. The van der Waals surface area contributed by atoms with Crippen molar-refractivity contribution in [1.29, 1.82) is 0 Å². The topological polar surface area (TPSA) is 49.3 Å². The molecule has 5 heterocycles. The second-order valence-electron chi connectivity index (χ2n) is 7.20. The summed E-state index contributed by atoms with van der Waals surface area (Å²) in [5.74, 6) is 0.808. The van der Waals surface area contributed by atoms with Crippen LogP contribution in [0.5, 0.6) is 0 Å². The van der Waals surface area contributed by atoms with Crippen molar-refractivity contribution in [1.82, 2.24) is 19.8 Å². The maximum absolute atomic E-state index is 12.8. The van der Waals surface area contributed by atoms with Crippen molar-refractivity contribution in [2.75, 3.05) is 19.6 Å². The van der Waals surface area contributed by atoms with Crippen LogP contribution in [0.25, 0.3) is 0 Å². The molecule has 3 saturated heterocycles. The van der Waals surface area contributed by atoms with Crippen LogP contribution >= 0.6 is 0 Å². The molecule has 3 fully saturated rings. The average Bonchev–Trinajstić information content (AvgIpc) is 2.94. The highest BCUT2D eigenvalue weighted by molar-refractivity contribution is 5.79. The molecule has 1 amide bonds. The number of amides is 1. The normalized spacial score (nSPS) is 23.4. The zero-order valence-corrected chi connectivity index (χ0v) is 14.4. The van der Waals surface area contributed by atoms with Crippen molar-refractivity contribution in [3.63, 3.8) is 0 Å². The largest absolute Gasteiger partial charge is 0.338 e. The van der Waals surface area contributed by atoms with Crippen LogP contribution in [0.4, 0.5) is 0 Å². The number of nitrogens with zero attached hydrogens (tertiary/aromatic N) is 4.